The average Bonchev–Trinajstić information content (AvgIpc) is 2.93. The fourth-order valence-electron chi connectivity index (χ4n) is 7.78. The van der Waals surface area contributed by atoms with Gasteiger partial charge in [-0.05, 0) is 81.5 Å². The highest BCUT2D eigenvalue weighted by atomic mass is 16.5. The molecule has 4 nitrogen and oxygen atoms in total. The zero-order chi connectivity index (χ0) is 19.6. The van der Waals surface area contributed by atoms with Crippen LogP contribution in [0.4, 0.5) is 0 Å². The Morgan fingerprint density at radius 2 is 1.89 bits per heavy atom. The van der Waals surface area contributed by atoms with Crippen molar-refractivity contribution >= 4 is 5.97 Å². The minimum Gasteiger partial charge on any atom is -0.469 e. The first-order chi connectivity index (χ1) is 12.7. The van der Waals surface area contributed by atoms with Gasteiger partial charge in [-0.25, -0.2) is 0 Å². The van der Waals surface area contributed by atoms with Gasteiger partial charge in [0.05, 0.1) is 24.7 Å². The van der Waals surface area contributed by atoms with Crippen molar-refractivity contribution in [2.75, 3.05) is 7.11 Å². The van der Waals surface area contributed by atoms with Crippen LogP contribution >= 0.6 is 0 Å². The number of hydrogen-bond donors (Lipinski definition) is 2. The lowest BCUT2D eigenvalue weighted by Gasteiger charge is -2.59. The predicted octanol–water partition coefficient (Wildman–Crippen LogP) is 3.85. The van der Waals surface area contributed by atoms with E-state index in [0.29, 0.717) is 24.2 Å². The second kappa shape index (κ2) is 6.32. The lowest BCUT2D eigenvalue weighted by Crippen LogP contribution is -2.57. The van der Waals surface area contributed by atoms with E-state index in [1.165, 1.54) is 12.7 Å². The topological polar surface area (TPSA) is 66.8 Å². The molecule has 0 radical (unpaired) electrons. The second-order valence-electron chi connectivity index (χ2n) is 10.3. The Hall–Kier alpha value is -0.870. The van der Waals surface area contributed by atoms with E-state index in [9.17, 15) is 15.0 Å². The van der Waals surface area contributed by atoms with Gasteiger partial charge in [0.1, 0.15) is 0 Å². The van der Waals surface area contributed by atoms with E-state index in [1.807, 2.05) is 6.92 Å². The molecule has 4 aliphatic rings. The summed E-state index contributed by atoms with van der Waals surface area (Å²) < 4.78 is 4.99. The number of allylic oxidation sites excluding steroid dienone is 1. The van der Waals surface area contributed by atoms with E-state index in [4.69, 9.17) is 4.74 Å². The molecule has 0 aromatic rings. The smallest absolute Gasteiger partial charge is 0.311 e. The van der Waals surface area contributed by atoms with Gasteiger partial charge in [0.2, 0.25) is 0 Å². The first-order valence-corrected chi connectivity index (χ1v) is 10.8. The molecule has 0 saturated heterocycles. The number of hydrogen-bond acceptors (Lipinski definition) is 4. The van der Waals surface area contributed by atoms with Crippen molar-refractivity contribution < 1.29 is 19.7 Å². The zero-order valence-electron chi connectivity index (χ0n) is 17.3. The van der Waals surface area contributed by atoms with Crippen LogP contribution in [0, 0.1) is 34.5 Å². The van der Waals surface area contributed by atoms with E-state index < -0.39 is 11.5 Å². The molecule has 0 heterocycles. The average molecular weight is 377 g/mol. The van der Waals surface area contributed by atoms with Gasteiger partial charge in [-0.1, -0.05) is 25.5 Å². The van der Waals surface area contributed by atoms with Crippen molar-refractivity contribution in [3.05, 3.63) is 11.6 Å². The molecule has 0 aromatic heterocycles. The number of aliphatic hydroxyl groups is 2. The van der Waals surface area contributed by atoms with Crippen molar-refractivity contribution in [3.8, 4) is 0 Å². The maximum atomic E-state index is 12.3. The van der Waals surface area contributed by atoms with Crippen LogP contribution in [0.5, 0.6) is 0 Å². The summed E-state index contributed by atoms with van der Waals surface area (Å²) in [5, 5.41) is 21.8. The van der Waals surface area contributed by atoms with Crippen LogP contribution in [0.1, 0.15) is 72.1 Å². The third kappa shape index (κ3) is 2.51. The Labute approximate surface area is 163 Å². The van der Waals surface area contributed by atoms with Crippen molar-refractivity contribution in [2.24, 2.45) is 34.5 Å². The summed E-state index contributed by atoms with van der Waals surface area (Å²) >= 11 is 0. The highest BCUT2D eigenvalue weighted by Gasteiger charge is 2.66. The van der Waals surface area contributed by atoms with E-state index in [-0.39, 0.29) is 22.9 Å². The molecule has 4 heteroatoms. The Kier molecular flexibility index (Phi) is 4.55. The molecule has 4 rings (SSSR count). The third-order valence-electron chi connectivity index (χ3n) is 9.56. The van der Waals surface area contributed by atoms with Gasteiger partial charge in [-0.15, -0.1) is 0 Å². The Bertz CT molecular complexity index is 657. The lowest BCUT2D eigenvalue weighted by molar-refractivity contribution is -0.177. The number of methoxy groups -OCH3 is 1. The van der Waals surface area contributed by atoms with Crippen molar-refractivity contribution in [1.29, 1.82) is 0 Å². The molecule has 0 unspecified atom stereocenters. The Morgan fingerprint density at radius 3 is 2.59 bits per heavy atom. The molecule has 8 atom stereocenters. The summed E-state index contributed by atoms with van der Waals surface area (Å²) in [5.41, 5.74) is 0.487. The maximum Gasteiger partial charge on any atom is 0.311 e. The molecule has 27 heavy (non-hydrogen) atoms. The number of carbonyl (C=O) groups excluding carboxylic acids is 1. The predicted molar refractivity (Wildman–Crippen MR) is 104 cm³/mol. The Balaban J connectivity index is 1.65. The minimum absolute atomic E-state index is 0.174. The van der Waals surface area contributed by atoms with E-state index in [2.05, 4.69) is 19.9 Å². The summed E-state index contributed by atoms with van der Waals surface area (Å²) in [5.74, 6) is 0.894. The van der Waals surface area contributed by atoms with Crippen molar-refractivity contribution in [1.82, 2.24) is 0 Å². The molecule has 2 N–H and O–H groups in total. The first-order valence-electron chi connectivity index (χ1n) is 10.8. The molecule has 4 aliphatic carbocycles. The summed E-state index contributed by atoms with van der Waals surface area (Å²) in [6.45, 7) is 6.49. The van der Waals surface area contributed by atoms with Gasteiger partial charge in [-0.3, -0.25) is 4.79 Å². The van der Waals surface area contributed by atoms with E-state index >= 15 is 0 Å². The quantitative estimate of drug-likeness (QED) is 0.567. The normalized spacial score (nSPS) is 50.1. The number of ether oxygens (including phenoxy) is 1. The van der Waals surface area contributed by atoms with Gasteiger partial charge in [0.15, 0.2) is 0 Å². The molecule has 3 fully saturated rings. The highest BCUT2D eigenvalue weighted by molar-refractivity contribution is 5.73. The molecule has 3 saturated carbocycles. The van der Waals surface area contributed by atoms with E-state index in [0.717, 1.165) is 44.9 Å². The highest BCUT2D eigenvalue weighted by Crippen LogP contribution is 2.68. The largest absolute Gasteiger partial charge is 0.469 e. The van der Waals surface area contributed by atoms with Crippen LogP contribution in [0.3, 0.4) is 0 Å². The van der Waals surface area contributed by atoms with Crippen LogP contribution in [0.2, 0.25) is 0 Å². The Morgan fingerprint density at radius 1 is 1.19 bits per heavy atom. The fraction of sp³-hybridized carbons (Fsp3) is 0.870. The molecule has 0 bridgehead atoms. The van der Waals surface area contributed by atoms with Crippen LogP contribution < -0.4 is 0 Å². The molecule has 0 spiro atoms. The van der Waals surface area contributed by atoms with Crippen molar-refractivity contribution in [2.45, 2.75) is 83.8 Å². The standard InChI is InChI=1S/C23H36O4/c1-14(20(25)27-4)23(26)12-9-19-17-6-5-15-13-16(24)7-10-21(15,2)18(17)8-11-22(19,23)3/h5,14,16-19,24,26H,6-13H2,1-4H3/t14-,16+,17+,18+,19+,21-,22-,23+/m0/s1. The van der Waals surface area contributed by atoms with Crippen LogP contribution in [-0.2, 0) is 9.53 Å². The van der Waals surface area contributed by atoms with Crippen LogP contribution in [-0.4, -0.2) is 35.0 Å². The lowest BCUT2D eigenvalue weighted by atomic mass is 9.46. The molecule has 0 amide bonds. The first kappa shape index (κ1) is 19.4. The molecular formula is C23H36O4. The monoisotopic (exact) mass is 376 g/mol. The van der Waals surface area contributed by atoms with E-state index in [1.54, 1.807) is 0 Å². The molecule has 0 aliphatic heterocycles. The third-order valence-corrected chi connectivity index (χ3v) is 9.56. The summed E-state index contributed by atoms with van der Waals surface area (Å²) in [7, 11) is 1.42. The van der Waals surface area contributed by atoms with Crippen LogP contribution in [0.25, 0.3) is 0 Å². The van der Waals surface area contributed by atoms with Gasteiger partial charge in [-0.2, -0.15) is 0 Å². The zero-order valence-corrected chi connectivity index (χ0v) is 17.3. The van der Waals surface area contributed by atoms with Gasteiger partial charge >= 0.3 is 5.97 Å². The van der Waals surface area contributed by atoms with Crippen molar-refractivity contribution in [3.63, 3.8) is 0 Å². The molecule has 0 aromatic carbocycles. The number of esters is 1. The summed E-state index contributed by atoms with van der Waals surface area (Å²) in [4.78, 5) is 12.3. The summed E-state index contributed by atoms with van der Waals surface area (Å²) in [6, 6.07) is 0. The number of carbonyl (C=O) groups is 1. The minimum atomic E-state index is -0.969. The number of fused-ring (bicyclic) bond motifs is 5. The maximum absolute atomic E-state index is 12.3. The SMILES string of the molecule is COC(=O)[C@H](C)[C@]1(O)CC[C@@H]2[C@@H]3CC=C4C[C@H](O)CC[C@]4(C)[C@@H]3CC[C@@]21C. The second-order valence-corrected chi connectivity index (χ2v) is 10.3. The van der Waals surface area contributed by atoms with Gasteiger partial charge < -0.3 is 14.9 Å². The number of aliphatic hydroxyl groups excluding tert-OH is 1. The fourth-order valence-corrected chi connectivity index (χ4v) is 7.78. The number of rotatable bonds is 2. The molecule has 152 valence electrons. The van der Waals surface area contributed by atoms with Gasteiger partial charge in [0.25, 0.3) is 0 Å². The molecular weight excluding hydrogens is 340 g/mol. The summed E-state index contributed by atoms with van der Waals surface area (Å²) in [6.07, 6.45) is 9.89. The van der Waals surface area contributed by atoms with Gasteiger partial charge in [0, 0.05) is 5.41 Å². The van der Waals surface area contributed by atoms with Crippen LogP contribution in [0.15, 0.2) is 11.6 Å².